The maximum absolute atomic E-state index is 12.9. The molecule has 0 saturated carbocycles. The van der Waals surface area contributed by atoms with E-state index in [4.69, 9.17) is 0 Å². The highest BCUT2D eigenvalue weighted by atomic mass is 32.2. The molecule has 0 unspecified atom stereocenters. The average Bonchev–Trinajstić information content (AvgIpc) is 3.22. The number of tetrazole rings is 1. The Morgan fingerprint density at radius 1 is 1.11 bits per heavy atom. The van der Waals surface area contributed by atoms with Gasteiger partial charge in [-0.15, -0.1) is 10.2 Å². The Kier molecular flexibility index (Phi) is 4.26. The van der Waals surface area contributed by atoms with Crippen LogP contribution in [0.5, 0.6) is 0 Å². The number of alkyl halides is 3. The van der Waals surface area contributed by atoms with Crippen LogP contribution in [0.15, 0.2) is 46.6 Å². The van der Waals surface area contributed by atoms with Gasteiger partial charge in [0, 0.05) is 5.69 Å². The molecule has 0 N–H and O–H groups in total. The van der Waals surface area contributed by atoms with E-state index in [9.17, 15) is 13.2 Å². The Morgan fingerprint density at radius 3 is 2.63 bits per heavy atom. The highest BCUT2D eigenvalue weighted by Gasteiger charge is 2.37. The largest absolute Gasteiger partial charge is 0.453 e. The van der Waals surface area contributed by atoms with Gasteiger partial charge >= 0.3 is 6.18 Å². The Labute approximate surface area is 154 Å². The molecule has 3 heterocycles. The quantitative estimate of drug-likeness (QED) is 0.494. The van der Waals surface area contributed by atoms with Crippen LogP contribution in [0, 0.1) is 6.92 Å². The highest BCUT2D eigenvalue weighted by Crippen LogP contribution is 2.30. The van der Waals surface area contributed by atoms with Gasteiger partial charge in [0.25, 0.3) is 11.6 Å². The summed E-state index contributed by atoms with van der Waals surface area (Å²) < 4.78 is 41.4. The molecule has 3 aromatic heterocycles. The van der Waals surface area contributed by atoms with Crippen LogP contribution in [0.1, 0.15) is 17.1 Å². The molecular weight excluding hydrogens is 381 g/mol. The lowest BCUT2D eigenvalue weighted by Gasteiger charge is -2.06. The van der Waals surface area contributed by atoms with E-state index in [0.717, 1.165) is 21.8 Å². The summed E-state index contributed by atoms with van der Waals surface area (Å²) in [4.78, 5) is 7.48. The first kappa shape index (κ1) is 17.4. The highest BCUT2D eigenvalue weighted by molar-refractivity contribution is 7.99. The van der Waals surface area contributed by atoms with Crippen LogP contribution in [-0.2, 0) is 12.7 Å². The van der Waals surface area contributed by atoms with E-state index in [1.54, 1.807) is 17.7 Å². The lowest BCUT2D eigenvalue weighted by atomic mass is 10.2. The standard InChI is InChI=1S/C15H11F3N8S/c1-9-7-11(26-13(19-9)20-12(22-26)15(16,17)18)27-14-21-23-24-25(14)8-10-5-3-2-4-6-10/h2-7H,8H2,1H3. The second-order valence-electron chi connectivity index (χ2n) is 5.59. The minimum atomic E-state index is -4.65. The molecule has 0 bridgehead atoms. The summed E-state index contributed by atoms with van der Waals surface area (Å²) in [7, 11) is 0. The summed E-state index contributed by atoms with van der Waals surface area (Å²) in [6.45, 7) is 2.09. The molecule has 8 nitrogen and oxygen atoms in total. The maximum atomic E-state index is 12.9. The van der Waals surface area contributed by atoms with E-state index in [-0.39, 0.29) is 5.78 Å². The fraction of sp³-hybridized carbons (Fsp3) is 0.200. The van der Waals surface area contributed by atoms with Crippen molar-refractivity contribution in [1.82, 2.24) is 39.8 Å². The van der Waals surface area contributed by atoms with Gasteiger partial charge in [-0.05, 0) is 40.7 Å². The Balaban J connectivity index is 1.70. The van der Waals surface area contributed by atoms with E-state index in [1.807, 2.05) is 30.3 Å². The van der Waals surface area contributed by atoms with Gasteiger partial charge in [-0.3, -0.25) is 0 Å². The van der Waals surface area contributed by atoms with Gasteiger partial charge in [0.15, 0.2) is 0 Å². The first-order chi connectivity index (χ1) is 12.9. The number of hydrogen-bond donors (Lipinski definition) is 0. The van der Waals surface area contributed by atoms with Crippen molar-refractivity contribution < 1.29 is 13.2 Å². The van der Waals surface area contributed by atoms with E-state index in [0.29, 0.717) is 22.4 Å². The Hall–Kier alpha value is -3.02. The van der Waals surface area contributed by atoms with Crippen molar-refractivity contribution in [3.8, 4) is 0 Å². The number of halogens is 3. The fourth-order valence-electron chi connectivity index (χ4n) is 2.37. The van der Waals surface area contributed by atoms with Crippen LogP contribution in [0.25, 0.3) is 5.78 Å². The predicted octanol–water partition coefficient (Wildman–Crippen LogP) is 2.64. The van der Waals surface area contributed by atoms with Gasteiger partial charge in [-0.2, -0.15) is 22.7 Å². The maximum Gasteiger partial charge on any atom is 0.453 e. The number of fused-ring (bicyclic) bond motifs is 1. The van der Waals surface area contributed by atoms with Gasteiger partial charge < -0.3 is 0 Å². The van der Waals surface area contributed by atoms with Crippen molar-refractivity contribution in [2.24, 2.45) is 0 Å². The molecular formula is C15H11F3N8S. The van der Waals surface area contributed by atoms with Crippen LogP contribution in [0.3, 0.4) is 0 Å². The summed E-state index contributed by atoms with van der Waals surface area (Å²) in [6.07, 6.45) is -4.65. The third-order valence-corrected chi connectivity index (χ3v) is 4.51. The molecule has 0 saturated heterocycles. The fourth-order valence-corrected chi connectivity index (χ4v) is 3.27. The Bertz CT molecular complexity index is 1090. The molecule has 0 atom stereocenters. The van der Waals surface area contributed by atoms with Crippen LogP contribution in [0.4, 0.5) is 13.2 Å². The molecule has 27 heavy (non-hydrogen) atoms. The van der Waals surface area contributed by atoms with Crippen LogP contribution in [-0.4, -0.2) is 39.8 Å². The number of rotatable bonds is 4. The van der Waals surface area contributed by atoms with Crippen molar-refractivity contribution in [1.29, 1.82) is 0 Å². The molecule has 1 aromatic carbocycles. The molecule has 0 aliphatic carbocycles. The van der Waals surface area contributed by atoms with Gasteiger partial charge in [0.2, 0.25) is 5.16 Å². The normalized spacial score (nSPS) is 12.0. The summed E-state index contributed by atoms with van der Waals surface area (Å²) in [6, 6.07) is 11.2. The molecule has 0 amide bonds. The molecule has 12 heteroatoms. The molecule has 0 aliphatic rings. The first-order valence-electron chi connectivity index (χ1n) is 7.70. The number of aromatic nitrogens is 8. The van der Waals surface area contributed by atoms with Crippen LogP contribution < -0.4 is 0 Å². The predicted molar refractivity (Wildman–Crippen MR) is 88.0 cm³/mol. The van der Waals surface area contributed by atoms with Gasteiger partial charge in [0.1, 0.15) is 5.03 Å². The Morgan fingerprint density at radius 2 is 1.89 bits per heavy atom. The second kappa shape index (κ2) is 6.61. The smallest absolute Gasteiger partial charge is 0.216 e. The summed E-state index contributed by atoms with van der Waals surface area (Å²) in [5.74, 6) is -1.38. The van der Waals surface area contributed by atoms with Crippen molar-refractivity contribution in [3.05, 3.63) is 53.5 Å². The zero-order valence-electron chi connectivity index (χ0n) is 13.8. The topological polar surface area (TPSA) is 86.7 Å². The molecule has 4 aromatic rings. The molecule has 138 valence electrons. The SMILES string of the molecule is Cc1cc(Sc2nnnn2Cc2ccccc2)n2nc(C(F)(F)F)nc2n1. The molecule has 0 spiro atoms. The second-order valence-corrected chi connectivity index (χ2v) is 6.58. The van der Waals surface area contributed by atoms with Crippen molar-refractivity contribution in [3.63, 3.8) is 0 Å². The minimum absolute atomic E-state index is 0.132. The molecule has 0 radical (unpaired) electrons. The lowest BCUT2D eigenvalue weighted by Crippen LogP contribution is -2.08. The van der Waals surface area contributed by atoms with Crippen LogP contribution >= 0.6 is 11.8 Å². The number of hydrogen-bond acceptors (Lipinski definition) is 7. The van der Waals surface area contributed by atoms with Gasteiger partial charge in [-0.1, -0.05) is 30.3 Å². The van der Waals surface area contributed by atoms with E-state index in [2.05, 4.69) is 30.6 Å². The monoisotopic (exact) mass is 392 g/mol. The molecule has 4 rings (SSSR count). The third-order valence-electron chi connectivity index (χ3n) is 3.53. The van der Waals surface area contributed by atoms with E-state index >= 15 is 0 Å². The van der Waals surface area contributed by atoms with Crippen molar-refractivity contribution in [2.45, 2.75) is 29.8 Å². The summed E-state index contributed by atoms with van der Waals surface area (Å²) in [5.41, 5.74) is 1.50. The summed E-state index contributed by atoms with van der Waals surface area (Å²) >= 11 is 1.09. The average molecular weight is 392 g/mol. The van der Waals surface area contributed by atoms with E-state index < -0.39 is 12.0 Å². The van der Waals surface area contributed by atoms with Crippen LogP contribution in [0.2, 0.25) is 0 Å². The number of nitrogens with zero attached hydrogens (tertiary/aromatic N) is 8. The number of aryl methyl sites for hydroxylation is 1. The zero-order chi connectivity index (χ0) is 19.0. The summed E-state index contributed by atoms with van der Waals surface area (Å²) in [5, 5.41) is 15.9. The third kappa shape index (κ3) is 3.60. The number of benzene rings is 1. The van der Waals surface area contributed by atoms with Crippen molar-refractivity contribution >= 4 is 17.5 Å². The minimum Gasteiger partial charge on any atom is -0.216 e. The van der Waals surface area contributed by atoms with Crippen molar-refractivity contribution in [2.75, 3.05) is 0 Å². The molecule has 0 aliphatic heterocycles. The van der Waals surface area contributed by atoms with Gasteiger partial charge in [-0.25, -0.2) is 9.67 Å². The van der Waals surface area contributed by atoms with Gasteiger partial charge in [0.05, 0.1) is 6.54 Å². The first-order valence-corrected chi connectivity index (χ1v) is 8.51. The lowest BCUT2D eigenvalue weighted by molar-refractivity contribution is -0.144. The van der Waals surface area contributed by atoms with E-state index in [1.165, 1.54) is 0 Å². The molecule has 0 fully saturated rings. The zero-order valence-corrected chi connectivity index (χ0v) is 14.6.